The van der Waals surface area contributed by atoms with E-state index in [-0.39, 0.29) is 17.4 Å². The Morgan fingerprint density at radius 3 is 2.76 bits per heavy atom. The minimum Gasteiger partial charge on any atom is -0.352 e. The maximum absolute atomic E-state index is 13.9. The van der Waals surface area contributed by atoms with Gasteiger partial charge in [0.05, 0.1) is 5.69 Å². The van der Waals surface area contributed by atoms with Crippen molar-refractivity contribution in [1.82, 2.24) is 15.3 Å². The number of nitrogens with zero attached hydrogens (tertiary/aromatic N) is 1. The average Bonchev–Trinajstić information content (AvgIpc) is 2.57. The Morgan fingerprint density at radius 1 is 1.36 bits per heavy atom. The molecule has 2 rings (SSSR count). The third-order valence-electron chi connectivity index (χ3n) is 3.65. The van der Waals surface area contributed by atoms with Gasteiger partial charge in [0.2, 0.25) is 5.91 Å². The van der Waals surface area contributed by atoms with Crippen molar-refractivity contribution in [1.29, 1.82) is 0 Å². The summed E-state index contributed by atoms with van der Waals surface area (Å²) >= 11 is 0. The van der Waals surface area contributed by atoms with E-state index in [1.54, 1.807) is 18.2 Å². The van der Waals surface area contributed by atoms with Crippen LogP contribution in [-0.4, -0.2) is 22.4 Å². The number of carbonyl (C=O) groups excluding carboxylic acids is 1. The molecule has 0 saturated carbocycles. The van der Waals surface area contributed by atoms with Crippen LogP contribution in [-0.2, 0) is 11.2 Å². The fraction of sp³-hybridized carbons (Fsp3) is 0.316. The summed E-state index contributed by atoms with van der Waals surface area (Å²) in [5, 5.41) is 2.83. The van der Waals surface area contributed by atoms with Gasteiger partial charge in [0, 0.05) is 30.5 Å². The fourth-order valence-electron chi connectivity index (χ4n) is 2.19. The van der Waals surface area contributed by atoms with Gasteiger partial charge in [0.1, 0.15) is 11.6 Å². The lowest BCUT2D eigenvalue weighted by Crippen LogP contribution is -2.29. The Balaban J connectivity index is 2.13. The van der Waals surface area contributed by atoms with Crippen LogP contribution in [0.3, 0.4) is 0 Å². The quantitative estimate of drug-likeness (QED) is 0.792. The summed E-state index contributed by atoms with van der Waals surface area (Å²) < 4.78 is 13.9. The van der Waals surface area contributed by atoms with Crippen molar-refractivity contribution in [2.75, 3.05) is 6.54 Å². The predicted molar refractivity (Wildman–Crippen MR) is 95.6 cm³/mol. The van der Waals surface area contributed by atoms with Crippen LogP contribution in [0, 0.1) is 11.7 Å². The Bertz CT molecular complexity index is 841. The summed E-state index contributed by atoms with van der Waals surface area (Å²) in [6.45, 7) is 5.99. The molecule has 25 heavy (non-hydrogen) atoms. The molecule has 6 heteroatoms. The van der Waals surface area contributed by atoms with E-state index in [0.29, 0.717) is 30.0 Å². The Kier molecular flexibility index (Phi) is 6.22. The number of allylic oxidation sites excluding steroid dienone is 1. The molecule has 1 heterocycles. The second kappa shape index (κ2) is 8.37. The molecule has 0 aliphatic carbocycles. The highest BCUT2D eigenvalue weighted by molar-refractivity contribution is 5.78. The van der Waals surface area contributed by atoms with Crippen LogP contribution in [0.5, 0.6) is 0 Å². The van der Waals surface area contributed by atoms with E-state index in [9.17, 15) is 14.0 Å². The molecule has 0 aliphatic heterocycles. The van der Waals surface area contributed by atoms with E-state index < -0.39 is 5.82 Å². The molecular weight excluding hydrogens is 321 g/mol. The van der Waals surface area contributed by atoms with Gasteiger partial charge in [-0.15, -0.1) is 0 Å². The van der Waals surface area contributed by atoms with E-state index in [4.69, 9.17) is 0 Å². The highest BCUT2D eigenvalue weighted by Gasteiger charge is 2.08. The molecule has 0 saturated heterocycles. The van der Waals surface area contributed by atoms with E-state index >= 15 is 0 Å². The maximum Gasteiger partial charge on any atom is 0.251 e. The standard InChI is InChI=1S/C19H22FN3O2/c1-12(2)19(25)21-11-13(3)8-9-17-22-16(10-18(24)23-17)14-6-4-5-7-15(14)20/h4-8,10,12H,9,11H2,1-3H3,(H,21,25)(H,22,23,24)/b13-8+. The number of nitrogens with one attached hydrogen (secondary N) is 2. The molecule has 5 nitrogen and oxygen atoms in total. The molecule has 0 fully saturated rings. The lowest BCUT2D eigenvalue weighted by Gasteiger charge is -2.08. The molecule has 0 unspecified atom stereocenters. The molecule has 0 spiro atoms. The van der Waals surface area contributed by atoms with Gasteiger partial charge in [-0.05, 0) is 19.1 Å². The number of aromatic nitrogens is 2. The normalized spacial score (nSPS) is 11.6. The van der Waals surface area contributed by atoms with Crippen LogP contribution >= 0.6 is 0 Å². The zero-order valence-electron chi connectivity index (χ0n) is 14.6. The SMILES string of the molecule is C/C(=C\Cc1nc(-c2ccccc2F)cc(=O)[nH]1)CNC(=O)C(C)C. The average molecular weight is 343 g/mol. The summed E-state index contributed by atoms with van der Waals surface area (Å²) in [7, 11) is 0. The summed E-state index contributed by atoms with van der Waals surface area (Å²) in [4.78, 5) is 30.4. The van der Waals surface area contributed by atoms with E-state index in [2.05, 4.69) is 15.3 Å². The Hall–Kier alpha value is -2.76. The van der Waals surface area contributed by atoms with Crippen molar-refractivity contribution in [2.45, 2.75) is 27.2 Å². The fourth-order valence-corrected chi connectivity index (χ4v) is 2.19. The van der Waals surface area contributed by atoms with Crippen LogP contribution in [0.4, 0.5) is 4.39 Å². The van der Waals surface area contributed by atoms with Crippen LogP contribution < -0.4 is 10.9 Å². The molecule has 2 N–H and O–H groups in total. The number of rotatable bonds is 6. The summed E-state index contributed by atoms with van der Waals surface area (Å²) in [6, 6.07) is 7.48. The zero-order valence-corrected chi connectivity index (χ0v) is 14.6. The minimum atomic E-state index is -0.422. The van der Waals surface area contributed by atoms with Gasteiger partial charge in [-0.1, -0.05) is 37.6 Å². The van der Waals surface area contributed by atoms with Gasteiger partial charge >= 0.3 is 0 Å². The van der Waals surface area contributed by atoms with Crippen molar-refractivity contribution in [3.8, 4) is 11.3 Å². The van der Waals surface area contributed by atoms with Crippen molar-refractivity contribution >= 4 is 5.91 Å². The Morgan fingerprint density at radius 2 is 2.08 bits per heavy atom. The molecule has 1 aromatic carbocycles. The van der Waals surface area contributed by atoms with Crippen LogP contribution in [0.2, 0.25) is 0 Å². The van der Waals surface area contributed by atoms with Gasteiger partial charge in [-0.2, -0.15) is 0 Å². The lowest BCUT2D eigenvalue weighted by molar-refractivity contribution is -0.123. The van der Waals surface area contributed by atoms with Gasteiger partial charge in [-0.25, -0.2) is 9.37 Å². The molecule has 0 bridgehead atoms. The molecule has 0 aliphatic rings. The number of halogens is 1. The van der Waals surface area contributed by atoms with Crippen molar-refractivity contribution in [2.24, 2.45) is 5.92 Å². The number of H-pyrrole nitrogens is 1. The first-order valence-electron chi connectivity index (χ1n) is 8.15. The number of hydrogen-bond acceptors (Lipinski definition) is 3. The van der Waals surface area contributed by atoms with Crippen molar-refractivity contribution in [3.63, 3.8) is 0 Å². The number of benzene rings is 1. The van der Waals surface area contributed by atoms with Gasteiger partial charge in [-0.3, -0.25) is 9.59 Å². The number of carbonyl (C=O) groups is 1. The zero-order chi connectivity index (χ0) is 18.4. The smallest absolute Gasteiger partial charge is 0.251 e. The molecular formula is C19H22FN3O2. The third-order valence-corrected chi connectivity index (χ3v) is 3.65. The molecule has 0 radical (unpaired) electrons. The van der Waals surface area contributed by atoms with E-state index in [1.165, 1.54) is 12.1 Å². The molecule has 1 amide bonds. The minimum absolute atomic E-state index is 0.0131. The highest BCUT2D eigenvalue weighted by Crippen LogP contribution is 2.19. The predicted octanol–water partition coefficient (Wildman–Crippen LogP) is 2.84. The largest absolute Gasteiger partial charge is 0.352 e. The topological polar surface area (TPSA) is 74.8 Å². The monoisotopic (exact) mass is 343 g/mol. The van der Waals surface area contributed by atoms with Crippen LogP contribution in [0.1, 0.15) is 26.6 Å². The van der Waals surface area contributed by atoms with Crippen LogP contribution in [0.25, 0.3) is 11.3 Å². The third kappa shape index (κ3) is 5.38. The van der Waals surface area contributed by atoms with Crippen LogP contribution in [0.15, 0.2) is 46.8 Å². The second-order valence-corrected chi connectivity index (χ2v) is 6.18. The first-order valence-corrected chi connectivity index (χ1v) is 8.15. The van der Waals surface area contributed by atoms with Gasteiger partial charge in [0.25, 0.3) is 5.56 Å². The molecule has 0 atom stereocenters. The lowest BCUT2D eigenvalue weighted by atomic mass is 10.1. The van der Waals surface area contributed by atoms with Gasteiger partial charge < -0.3 is 10.3 Å². The van der Waals surface area contributed by atoms with Crippen molar-refractivity contribution in [3.05, 3.63) is 64.0 Å². The molecule has 1 aromatic heterocycles. The first kappa shape index (κ1) is 18.6. The highest BCUT2D eigenvalue weighted by atomic mass is 19.1. The Labute approximate surface area is 146 Å². The number of amides is 1. The van der Waals surface area contributed by atoms with Gasteiger partial charge in [0.15, 0.2) is 0 Å². The molecule has 2 aromatic rings. The van der Waals surface area contributed by atoms with E-state index in [0.717, 1.165) is 5.57 Å². The molecule has 132 valence electrons. The maximum atomic E-state index is 13.9. The summed E-state index contributed by atoms with van der Waals surface area (Å²) in [5.74, 6) is -0.0564. The first-order chi connectivity index (χ1) is 11.9. The van der Waals surface area contributed by atoms with E-state index in [1.807, 2.05) is 26.8 Å². The van der Waals surface area contributed by atoms with Crippen molar-refractivity contribution < 1.29 is 9.18 Å². The number of hydrogen-bond donors (Lipinski definition) is 2. The second-order valence-electron chi connectivity index (χ2n) is 6.18. The summed E-state index contributed by atoms with van der Waals surface area (Å²) in [5.41, 5.74) is 1.21. The number of aromatic amines is 1. The summed E-state index contributed by atoms with van der Waals surface area (Å²) in [6.07, 6.45) is 2.27.